The average molecular weight is 413 g/mol. The number of aliphatic hydroxyl groups excluding tert-OH is 1. The molecule has 6 nitrogen and oxygen atoms in total. The van der Waals surface area contributed by atoms with E-state index in [4.69, 9.17) is 0 Å². The molecular formula is C19H17BrN4O2. The second-order valence-electron chi connectivity index (χ2n) is 6.17. The number of nitrogens with zero attached hydrogens (tertiary/aromatic N) is 1. The predicted molar refractivity (Wildman–Crippen MR) is 104 cm³/mol. The molecule has 2 aromatic carbocycles. The van der Waals surface area contributed by atoms with Gasteiger partial charge < -0.3 is 20.4 Å². The second kappa shape index (κ2) is 6.93. The largest absolute Gasteiger partial charge is 0.394 e. The number of benzene rings is 2. The summed E-state index contributed by atoms with van der Waals surface area (Å²) in [6.07, 6.45) is 4.01. The molecule has 0 radical (unpaired) electrons. The Balaban J connectivity index is 1.58. The molecule has 4 aromatic rings. The Morgan fingerprint density at radius 1 is 1.23 bits per heavy atom. The van der Waals surface area contributed by atoms with Crippen molar-refractivity contribution < 1.29 is 9.90 Å². The van der Waals surface area contributed by atoms with Gasteiger partial charge >= 0.3 is 0 Å². The van der Waals surface area contributed by atoms with E-state index in [-0.39, 0.29) is 12.5 Å². The molecule has 0 fully saturated rings. The third kappa shape index (κ3) is 3.11. The van der Waals surface area contributed by atoms with Gasteiger partial charge in [0, 0.05) is 21.6 Å². The molecule has 4 N–H and O–H groups in total. The first-order valence-electron chi connectivity index (χ1n) is 8.25. The molecule has 0 aliphatic rings. The summed E-state index contributed by atoms with van der Waals surface area (Å²) in [6, 6.07) is 11.2. The maximum Gasteiger partial charge on any atom is 0.253 e. The number of halogens is 1. The van der Waals surface area contributed by atoms with Crippen LogP contribution < -0.4 is 5.32 Å². The lowest BCUT2D eigenvalue weighted by Crippen LogP contribution is -2.39. The number of imidazole rings is 1. The Labute approximate surface area is 157 Å². The van der Waals surface area contributed by atoms with E-state index in [0.29, 0.717) is 17.5 Å². The maximum absolute atomic E-state index is 12.8. The van der Waals surface area contributed by atoms with Gasteiger partial charge in [0.2, 0.25) is 0 Å². The molecule has 0 aliphatic carbocycles. The van der Waals surface area contributed by atoms with Crippen molar-refractivity contribution >= 4 is 43.8 Å². The lowest BCUT2D eigenvalue weighted by atomic mass is 10.0. The molecule has 4 rings (SSSR count). The molecule has 0 spiro atoms. The fourth-order valence-corrected chi connectivity index (χ4v) is 3.64. The lowest BCUT2D eigenvalue weighted by molar-refractivity contribution is 0.0918. The Kier molecular flexibility index (Phi) is 4.48. The number of fused-ring (bicyclic) bond motifs is 2. The third-order valence-corrected chi connectivity index (χ3v) is 4.89. The molecule has 26 heavy (non-hydrogen) atoms. The zero-order valence-corrected chi connectivity index (χ0v) is 15.4. The summed E-state index contributed by atoms with van der Waals surface area (Å²) in [5.74, 6) is -0.262. The summed E-state index contributed by atoms with van der Waals surface area (Å²) in [7, 11) is 0. The zero-order valence-electron chi connectivity index (χ0n) is 13.8. The summed E-state index contributed by atoms with van der Waals surface area (Å²) in [6.45, 7) is -0.150. The topological polar surface area (TPSA) is 93.8 Å². The standard InChI is InChI=1S/C19H17BrN4O2/c20-12-6-15(18-17(7-12)22-10-23-18)19(26)24-13(9-25)5-11-8-21-16-4-2-1-3-14(11)16/h1-4,6-8,10,13,21,25H,5,9H2,(H,22,23)(H,24,26)/t13-/m1/s1. The van der Waals surface area contributed by atoms with Crippen molar-refractivity contribution in [3.8, 4) is 0 Å². The predicted octanol–water partition coefficient (Wildman–Crippen LogP) is 3.14. The first-order chi connectivity index (χ1) is 12.7. The van der Waals surface area contributed by atoms with E-state index in [1.165, 1.54) is 0 Å². The summed E-state index contributed by atoms with van der Waals surface area (Å²) < 4.78 is 0.788. The molecule has 0 saturated heterocycles. The van der Waals surface area contributed by atoms with Crippen LogP contribution in [-0.2, 0) is 6.42 Å². The summed E-state index contributed by atoms with van der Waals surface area (Å²) in [5, 5.41) is 13.8. The average Bonchev–Trinajstić information content (AvgIpc) is 3.27. The van der Waals surface area contributed by atoms with E-state index in [2.05, 4.69) is 36.2 Å². The smallest absolute Gasteiger partial charge is 0.253 e. The van der Waals surface area contributed by atoms with Gasteiger partial charge in [0.05, 0.1) is 30.1 Å². The van der Waals surface area contributed by atoms with Crippen molar-refractivity contribution in [1.29, 1.82) is 0 Å². The third-order valence-electron chi connectivity index (χ3n) is 4.43. The number of carbonyl (C=O) groups is 1. The number of aliphatic hydroxyl groups is 1. The number of hydrogen-bond donors (Lipinski definition) is 4. The molecular weight excluding hydrogens is 396 g/mol. The molecule has 2 heterocycles. The second-order valence-corrected chi connectivity index (χ2v) is 7.08. The number of hydrogen-bond acceptors (Lipinski definition) is 3. The Hall–Kier alpha value is -2.64. The van der Waals surface area contributed by atoms with Crippen LogP contribution in [0.2, 0.25) is 0 Å². The zero-order chi connectivity index (χ0) is 18.1. The number of H-pyrrole nitrogens is 2. The van der Waals surface area contributed by atoms with Crippen molar-refractivity contribution in [2.24, 2.45) is 0 Å². The molecule has 0 unspecified atom stereocenters. The van der Waals surface area contributed by atoms with Crippen molar-refractivity contribution in [3.63, 3.8) is 0 Å². The highest BCUT2D eigenvalue weighted by atomic mass is 79.9. The first-order valence-corrected chi connectivity index (χ1v) is 9.04. The number of aromatic amines is 2. The minimum Gasteiger partial charge on any atom is -0.394 e. The Morgan fingerprint density at radius 2 is 2.08 bits per heavy atom. The van der Waals surface area contributed by atoms with Gasteiger partial charge in [-0.25, -0.2) is 4.98 Å². The van der Waals surface area contributed by atoms with Gasteiger partial charge in [-0.1, -0.05) is 34.1 Å². The van der Waals surface area contributed by atoms with Gasteiger partial charge in [-0.2, -0.15) is 0 Å². The number of para-hydroxylation sites is 1. The SMILES string of the molecule is O=C(N[C@@H](CO)Cc1c[nH]c2ccccc12)c1cc(Br)cc2[nH]cnc12. The summed E-state index contributed by atoms with van der Waals surface area (Å²) in [4.78, 5) is 23.2. The van der Waals surface area contributed by atoms with Crippen LogP contribution in [0.25, 0.3) is 21.9 Å². The van der Waals surface area contributed by atoms with Crippen LogP contribution in [0, 0.1) is 0 Å². The van der Waals surface area contributed by atoms with Crippen LogP contribution in [0.3, 0.4) is 0 Å². The van der Waals surface area contributed by atoms with E-state index in [1.807, 2.05) is 36.5 Å². The number of rotatable bonds is 5. The molecule has 132 valence electrons. The summed E-state index contributed by atoms with van der Waals surface area (Å²) >= 11 is 3.41. The van der Waals surface area contributed by atoms with Crippen molar-refractivity contribution in [2.75, 3.05) is 6.61 Å². The normalized spacial score (nSPS) is 12.5. The van der Waals surface area contributed by atoms with Gasteiger partial charge in [-0.05, 0) is 30.2 Å². The fraction of sp³-hybridized carbons (Fsp3) is 0.158. The molecule has 0 saturated carbocycles. The number of aromatic nitrogens is 3. The van der Waals surface area contributed by atoms with E-state index in [1.54, 1.807) is 12.4 Å². The highest BCUT2D eigenvalue weighted by molar-refractivity contribution is 9.10. The quantitative estimate of drug-likeness (QED) is 0.405. The maximum atomic E-state index is 12.8. The molecule has 7 heteroatoms. The molecule has 2 aromatic heterocycles. The van der Waals surface area contributed by atoms with Crippen LogP contribution in [0.15, 0.2) is 53.4 Å². The number of carbonyl (C=O) groups excluding carboxylic acids is 1. The van der Waals surface area contributed by atoms with Gasteiger partial charge in [0.25, 0.3) is 5.91 Å². The van der Waals surface area contributed by atoms with E-state index in [9.17, 15) is 9.90 Å². The molecule has 1 atom stereocenters. The van der Waals surface area contributed by atoms with Gasteiger partial charge in [0.1, 0.15) is 5.52 Å². The Morgan fingerprint density at radius 3 is 2.92 bits per heavy atom. The highest BCUT2D eigenvalue weighted by Crippen LogP contribution is 2.22. The Bertz CT molecular complexity index is 1090. The van der Waals surface area contributed by atoms with Crippen molar-refractivity contribution in [1.82, 2.24) is 20.3 Å². The van der Waals surface area contributed by atoms with Gasteiger partial charge in [-0.3, -0.25) is 4.79 Å². The van der Waals surface area contributed by atoms with Crippen LogP contribution in [0.1, 0.15) is 15.9 Å². The summed E-state index contributed by atoms with van der Waals surface area (Å²) in [5.41, 5.74) is 3.94. The number of amides is 1. The minimum atomic E-state index is -0.394. The van der Waals surface area contributed by atoms with Crippen LogP contribution in [0.4, 0.5) is 0 Å². The molecule has 0 bridgehead atoms. The highest BCUT2D eigenvalue weighted by Gasteiger charge is 2.18. The van der Waals surface area contributed by atoms with Crippen LogP contribution in [-0.4, -0.2) is 38.6 Å². The van der Waals surface area contributed by atoms with Gasteiger partial charge in [0.15, 0.2) is 0 Å². The number of nitrogens with one attached hydrogen (secondary N) is 3. The first kappa shape index (κ1) is 16.8. The van der Waals surface area contributed by atoms with Crippen molar-refractivity contribution in [3.05, 3.63) is 64.5 Å². The molecule has 1 amide bonds. The van der Waals surface area contributed by atoms with Crippen LogP contribution in [0.5, 0.6) is 0 Å². The van der Waals surface area contributed by atoms with E-state index >= 15 is 0 Å². The van der Waals surface area contributed by atoms with Gasteiger partial charge in [-0.15, -0.1) is 0 Å². The van der Waals surface area contributed by atoms with Crippen molar-refractivity contribution in [2.45, 2.75) is 12.5 Å². The van der Waals surface area contributed by atoms with E-state index in [0.717, 1.165) is 26.5 Å². The van der Waals surface area contributed by atoms with Crippen LogP contribution >= 0.6 is 15.9 Å². The fourth-order valence-electron chi connectivity index (χ4n) is 3.18. The lowest BCUT2D eigenvalue weighted by Gasteiger charge is -2.16. The molecule has 0 aliphatic heterocycles. The monoisotopic (exact) mass is 412 g/mol. The minimum absolute atomic E-state index is 0.150. The van der Waals surface area contributed by atoms with E-state index < -0.39 is 6.04 Å².